The number of fused-ring (bicyclic) bond motifs is 5. The predicted octanol–water partition coefficient (Wildman–Crippen LogP) is 5.45. The molecule has 3 aliphatic carbocycles. The minimum Gasteiger partial charge on any atom is -0.455 e. The molecule has 1 N–H and O–H groups in total. The lowest BCUT2D eigenvalue weighted by atomic mass is 9.44. The van der Waals surface area contributed by atoms with E-state index in [4.69, 9.17) is 23.4 Å². The second kappa shape index (κ2) is 13.3. The van der Waals surface area contributed by atoms with Crippen LogP contribution in [0.1, 0.15) is 78.1 Å². The Bertz CT molecular complexity index is 1770. The molecule has 10 nitrogen and oxygen atoms in total. The second-order valence-corrected chi connectivity index (χ2v) is 20.2. The molecule has 6 rings (SSSR count). The van der Waals surface area contributed by atoms with E-state index in [2.05, 4.69) is 0 Å². The Balaban J connectivity index is 1.67. The zero-order valence-corrected chi connectivity index (χ0v) is 32.7. The van der Waals surface area contributed by atoms with Crippen LogP contribution in [-0.4, -0.2) is 79.3 Å². The fourth-order valence-corrected chi connectivity index (χ4v) is 11.8. The van der Waals surface area contributed by atoms with E-state index in [-0.39, 0.29) is 37.4 Å². The minimum absolute atomic E-state index is 0.0228. The van der Waals surface area contributed by atoms with E-state index in [1.807, 2.05) is 57.3 Å². The standard InChI is InChI=1S/C41H52O10Si/c1-10-31(43)48-33-32-25(3)24(2)22-41(46,38(32,5)6)36(49-37(45)27-17-13-11-14-18-27)34-39(7,35(33)44)29(21-30-40(34,23-47-30)50-26(4)42)51-52(8,9)28-19-15-12-16-20-28/h11-20,24,29-30,33-34,36,46H,10,21-23H2,1-9H3/t24-,29-,30+,33+,34-,36-,39+,40-,41+/m0/s1. The zero-order chi connectivity index (χ0) is 38.0. The number of allylic oxidation sites excluding steroid dienone is 1. The maximum atomic E-state index is 15.9. The summed E-state index contributed by atoms with van der Waals surface area (Å²) in [5, 5.41) is 14.5. The summed E-state index contributed by atoms with van der Waals surface area (Å²) in [6.45, 7) is 16.2. The Morgan fingerprint density at radius 3 is 2.15 bits per heavy atom. The molecule has 0 unspecified atom stereocenters. The molecule has 9 atom stereocenters. The van der Waals surface area contributed by atoms with Gasteiger partial charge in [-0.2, -0.15) is 0 Å². The predicted molar refractivity (Wildman–Crippen MR) is 195 cm³/mol. The molecule has 2 saturated carbocycles. The Kier molecular flexibility index (Phi) is 9.77. The van der Waals surface area contributed by atoms with E-state index >= 15 is 4.79 Å². The lowest BCUT2D eigenvalue weighted by Crippen LogP contribution is -2.82. The normalized spacial score (nSPS) is 35.2. The van der Waals surface area contributed by atoms with Crippen molar-refractivity contribution in [1.29, 1.82) is 0 Å². The Morgan fingerprint density at radius 1 is 0.981 bits per heavy atom. The van der Waals surface area contributed by atoms with Gasteiger partial charge in [0.25, 0.3) is 0 Å². The van der Waals surface area contributed by atoms with Crippen LogP contribution < -0.4 is 5.19 Å². The van der Waals surface area contributed by atoms with Crippen LogP contribution in [0.5, 0.6) is 0 Å². The van der Waals surface area contributed by atoms with E-state index in [1.165, 1.54) is 6.92 Å². The third kappa shape index (κ3) is 5.79. The van der Waals surface area contributed by atoms with Crippen LogP contribution in [0.3, 0.4) is 0 Å². The molecule has 1 aliphatic heterocycles. The van der Waals surface area contributed by atoms with Gasteiger partial charge in [0.2, 0.25) is 8.32 Å². The molecule has 1 saturated heterocycles. The number of benzene rings is 2. The largest absolute Gasteiger partial charge is 0.455 e. The molecule has 0 aromatic heterocycles. The van der Waals surface area contributed by atoms with Crippen molar-refractivity contribution in [3.63, 3.8) is 0 Å². The highest BCUT2D eigenvalue weighted by Crippen LogP contribution is 2.65. The van der Waals surface area contributed by atoms with E-state index in [0.29, 0.717) is 5.57 Å². The summed E-state index contributed by atoms with van der Waals surface area (Å²) in [6, 6.07) is 18.3. The summed E-state index contributed by atoms with van der Waals surface area (Å²) in [5.41, 5.74) is -4.70. The molecule has 280 valence electrons. The number of aliphatic hydroxyl groups is 1. The first kappa shape index (κ1) is 38.1. The van der Waals surface area contributed by atoms with Gasteiger partial charge in [-0.05, 0) is 62.2 Å². The molecule has 4 aliphatic rings. The number of hydrogen-bond donors (Lipinski definition) is 1. The summed E-state index contributed by atoms with van der Waals surface area (Å²) < 4.78 is 32.5. The number of ether oxygens (including phenoxy) is 4. The van der Waals surface area contributed by atoms with E-state index < -0.39 is 84.4 Å². The van der Waals surface area contributed by atoms with Crippen molar-refractivity contribution in [3.8, 4) is 0 Å². The van der Waals surface area contributed by atoms with Crippen molar-refractivity contribution in [1.82, 2.24) is 0 Å². The van der Waals surface area contributed by atoms with E-state index in [9.17, 15) is 19.5 Å². The van der Waals surface area contributed by atoms with Crippen LogP contribution in [0.4, 0.5) is 0 Å². The van der Waals surface area contributed by atoms with Gasteiger partial charge in [-0.1, -0.05) is 81.8 Å². The molecular weight excluding hydrogens is 681 g/mol. The number of hydrogen-bond acceptors (Lipinski definition) is 10. The average molecular weight is 733 g/mol. The fourth-order valence-electron chi connectivity index (χ4n) is 9.63. The molecule has 2 aromatic rings. The molecule has 52 heavy (non-hydrogen) atoms. The van der Waals surface area contributed by atoms with Gasteiger partial charge < -0.3 is 28.5 Å². The van der Waals surface area contributed by atoms with E-state index in [0.717, 1.165) is 10.8 Å². The number of carbonyl (C=O) groups is 4. The lowest BCUT2D eigenvalue weighted by molar-refractivity contribution is -0.344. The van der Waals surface area contributed by atoms with Crippen LogP contribution in [0.15, 0.2) is 71.8 Å². The maximum absolute atomic E-state index is 15.9. The van der Waals surface area contributed by atoms with Gasteiger partial charge in [0.05, 0.1) is 29.6 Å². The number of rotatable bonds is 8. The maximum Gasteiger partial charge on any atom is 0.338 e. The van der Waals surface area contributed by atoms with Crippen molar-refractivity contribution in [2.24, 2.45) is 22.7 Å². The lowest BCUT2D eigenvalue weighted by Gasteiger charge is -2.68. The third-order valence-electron chi connectivity index (χ3n) is 12.7. The first-order valence-corrected chi connectivity index (χ1v) is 21.2. The van der Waals surface area contributed by atoms with Crippen molar-refractivity contribution < 1.29 is 47.7 Å². The molecule has 11 heteroatoms. The number of esters is 3. The quantitative estimate of drug-likeness (QED) is 0.162. The minimum atomic E-state index is -2.81. The van der Waals surface area contributed by atoms with Crippen molar-refractivity contribution in [2.75, 3.05) is 6.61 Å². The molecule has 0 amide bonds. The molecular formula is C41H52O10Si. The first-order chi connectivity index (χ1) is 24.3. The second-order valence-electron chi connectivity index (χ2n) is 16.4. The Hall–Kier alpha value is -3.64. The summed E-state index contributed by atoms with van der Waals surface area (Å²) in [5.74, 6) is -3.82. The van der Waals surface area contributed by atoms with Gasteiger partial charge in [-0.15, -0.1) is 0 Å². The van der Waals surface area contributed by atoms with Gasteiger partial charge in [-0.3, -0.25) is 14.4 Å². The first-order valence-electron chi connectivity index (χ1n) is 18.3. The molecule has 0 spiro atoms. The smallest absolute Gasteiger partial charge is 0.338 e. The summed E-state index contributed by atoms with van der Waals surface area (Å²) in [6.07, 6.45) is -4.09. The molecule has 1 heterocycles. The van der Waals surface area contributed by atoms with Gasteiger partial charge in [0.1, 0.15) is 17.8 Å². The van der Waals surface area contributed by atoms with Gasteiger partial charge in [-0.25, -0.2) is 4.79 Å². The topological polar surface area (TPSA) is 135 Å². The Labute approximate surface area is 307 Å². The van der Waals surface area contributed by atoms with E-state index in [1.54, 1.807) is 58.0 Å². The van der Waals surface area contributed by atoms with Gasteiger partial charge >= 0.3 is 17.9 Å². The fraction of sp³-hybridized carbons (Fsp3) is 0.561. The van der Waals surface area contributed by atoms with Crippen molar-refractivity contribution in [2.45, 2.75) is 116 Å². The van der Waals surface area contributed by atoms with Crippen LogP contribution >= 0.6 is 0 Å². The number of ketones is 1. The van der Waals surface area contributed by atoms with Crippen molar-refractivity contribution in [3.05, 3.63) is 77.4 Å². The molecule has 3 fully saturated rings. The highest BCUT2D eigenvalue weighted by atomic mass is 28.4. The number of Topliss-reactive ketones (excluding diaryl/α,β-unsaturated/α-hetero) is 1. The average Bonchev–Trinajstić information content (AvgIpc) is 3.09. The number of carbonyl (C=O) groups excluding carboxylic acids is 4. The van der Waals surface area contributed by atoms with Gasteiger partial charge in [0, 0.05) is 25.2 Å². The van der Waals surface area contributed by atoms with Crippen LogP contribution in [0, 0.1) is 22.7 Å². The van der Waals surface area contributed by atoms with Crippen LogP contribution in [0.2, 0.25) is 13.1 Å². The van der Waals surface area contributed by atoms with Crippen LogP contribution in [-0.2, 0) is 37.8 Å². The zero-order valence-electron chi connectivity index (χ0n) is 31.7. The molecule has 2 bridgehead atoms. The summed E-state index contributed by atoms with van der Waals surface area (Å²) in [7, 11) is -2.81. The molecule has 2 aromatic carbocycles. The van der Waals surface area contributed by atoms with Crippen LogP contribution in [0.25, 0.3) is 0 Å². The van der Waals surface area contributed by atoms with Crippen molar-refractivity contribution >= 4 is 37.2 Å². The highest BCUT2D eigenvalue weighted by Gasteiger charge is 2.78. The monoisotopic (exact) mass is 732 g/mol. The third-order valence-corrected chi connectivity index (χ3v) is 15.3. The van der Waals surface area contributed by atoms with Gasteiger partial charge in [0.15, 0.2) is 17.5 Å². The SMILES string of the molecule is CCC(=O)O[C@H]1C(=O)[C@]2(C)[C@@H](O[Si](C)(C)c3ccccc3)C[C@H]3OC[C@@]3(OC(C)=O)[C@H]2[C@H](OC(=O)c2ccccc2)[C@]2(O)C[C@H](C)C(C)=C1C2(C)C. The summed E-state index contributed by atoms with van der Waals surface area (Å²) in [4.78, 5) is 56.5. The Morgan fingerprint density at radius 2 is 1.60 bits per heavy atom. The molecule has 0 radical (unpaired) electrons. The summed E-state index contributed by atoms with van der Waals surface area (Å²) >= 11 is 0. The highest BCUT2D eigenvalue weighted by molar-refractivity contribution is 6.84.